The van der Waals surface area contributed by atoms with Crippen LogP contribution in [-0.2, 0) is 0 Å². The number of benzene rings is 2. The van der Waals surface area contributed by atoms with E-state index in [4.69, 9.17) is 4.74 Å². The SMILES string of the molecule is COc1ccc(Nc2ccccc2N(C)C)cc1. The third kappa shape index (κ3) is 2.74. The average Bonchev–Trinajstić information content (AvgIpc) is 2.40. The van der Waals surface area contributed by atoms with Gasteiger partial charge in [-0.05, 0) is 36.4 Å². The van der Waals surface area contributed by atoms with Crippen molar-refractivity contribution in [3.63, 3.8) is 0 Å². The van der Waals surface area contributed by atoms with Gasteiger partial charge in [0.25, 0.3) is 0 Å². The zero-order chi connectivity index (χ0) is 13.0. The van der Waals surface area contributed by atoms with Gasteiger partial charge >= 0.3 is 0 Å². The summed E-state index contributed by atoms with van der Waals surface area (Å²) >= 11 is 0. The second-order valence-electron chi connectivity index (χ2n) is 4.27. The Balaban J connectivity index is 2.22. The molecule has 0 aliphatic heterocycles. The highest BCUT2D eigenvalue weighted by Crippen LogP contribution is 2.27. The van der Waals surface area contributed by atoms with Gasteiger partial charge in [-0.1, -0.05) is 12.1 Å². The first kappa shape index (κ1) is 12.3. The van der Waals surface area contributed by atoms with Gasteiger partial charge in [0.05, 0.1) is 18.5 Å². The van der Waals surface area contributed by atoms with E-state index in [0.29, 0.717) is 0 Å². The Morgan fingerprint density at radius 1 is 0.944 bits per heavy atom. The van der Waals surface area contributed by atoms with Crippen molar-refractivity contribution in [1.82, 2.24) is 0 Å². The summed E-state index contributed by atoms with van der Waals surface area (Å²) in [4.78, 5) is 2.09. The standard InChI is InChI=1S/C15H18N2O/c1-17(2)15-7-5-4-6-14(15)16-12-8-10-13(18-3)11-9-12/h4-11,16H,1-3H3. The van der Waals surface area contributed by atoms with Crippen LogP contribution in [0.2, 0.25) is 0 Å². The summed E-state index contributed by atoms with van der Waals surface area (Å²) in [5.74, 6) is 0.862. The maximum atomic E-state index is 5.15. The first-order chi connectivity index (χ1) is 8.70. The van der Waals surface area contributed by atoms with Gasteiger partial charge in [0.2, 0.25) is 0 Å². The van der Waals surface area contributed by atoms with Gasteiger partial charge in [-0.25, -0.2) is 0 Å². The summed E-state index contributed by atoms with van der Waals surface area (Å²) in [5, 5.41) is 3.41. The van der Waals surface area contributed by atoms with Crippen LogP contribution in [0.1, 0.15) is 0 Å². The van der Waals surface area contributed by atoms with Crippen LogP contribution in [0.3, 0.4) is 0 Å². The topological polar surface area (TPSA) is 24.5 Å². The first-order valence-corrected chi connectivity index (χ1v) is 5.88. The molecule has 0 aromatic heterocycles. The fourth-order valence-corrected chi connectivity index (χ4v) is 1.80. The molecule has 94 valence electrons. The van der Waals surface area contributed by atoms with E-state index in [1.165, 1.54) is 0 Å². The van der Waals surface area contributed by atoms with Crippen molar-refractivity contribution in [3.8, 4) is 5.75 Å². The number of nitrogens with one attached hydrogen (secondary N) is 1. The van der Waals surface area contributed by atoms with Crippen LogP contribution < -0.4 is 15.0 Å². The molecule has 2 rings (SSSR count). The summed E-state index contributed by atoms with van der Waals surface area (Å²) in [5.41, 5.74) is 3.30. The van der Waals surface area contributed by atoms with E-state index < -0.39 is 0 Å². The Bertz CT molecular complexity index is 506. The van der Waals surface area contributed by atoms with Crippen molar-refractivity contribution >= 4 is 17.1 Å². The van der Waals surface area contributed by atoms with Crippen LogP contribution in [0.5, 0.6) is 5.75 Å². The monoisotopic (exact) mass is 242 g/mol. The number of anilines is 3. The summed E-state index contributed by atoms with van der Waals surface area (Å²) < 4.78 is 5.15. The molecule has 0 fully saturated rings. The zero-order valence-electron chi connectivity index (χ0n) is 11.0. The Morgan fingerprint density at radius 3 is 2.22 bits per heavy atom. The van der Waals surface area contributed by atoms with Gasteiger partial charge in [0, 0.05) is 19.8 Å². The molecular weight excluding hydrogens is 224 g/mol. The number of methoxy groups -OCH3 is 1. The van der Waals surface area contributed by atoms with E-state index in [1.54, 1.807) is 7.11 Å². The van der Waals surface area contributed by atoms with Gasteiger partial charge in [0.1, 0.15) is 5.75 Å². The maximum Gasteiger partial charge on any atom is 0.119 e. The Hall–Kier alpha value is -2.16. The summed E-state index contributed by atoms with van der Waals surface area (Å²) in [6.07, 6.45) is 0. The molecule has 0 saturated heterocycles. The lowest BCUT2D eigenvalue weighted by molar-refractivity contribution is 0.415. The molecule has 0 saturated carbocycles. The number of hydrogen-bond donors (Lipinski definition) is 1. The third-order valence-corrected chi connectivity index (χ3v) is 2.75. The largest absolute Gasteiger partial charge is 0.497 e. The Kier molecular flexibility index (Phi) is 3.72. The minimum atomic E-state index is 0.862. The molecule has 0 amide bonds. The molecule has 1 N–H and O–H groups in total. The predicted molar refractivity (Wildman–Crippen MR) is 77.0 cm³/mol. The van der Waals surface area contributed by atoms with Crippen LogP contribution >= 0.6 is 0 Å². The summed E-state index contributed by atoms with van der Waals surface area (Å²) in [6.45, 7) is 0. The Labute approximate surface area is 108 Å². The minimum absolute atomic E-state index is 0.862. The smallest absolute Gasteiger partial charge is 0.119 e. The van der Waals surface area contributed by atoms with E-state index in [-0.39, 0.29) is 0 Å². The number of nitrogens with zero attached hydrogens (tertiary/aromatic N) is 1. The molecule has 2 aromatic carbocycles. The minimum Gasteiger partial charge on any atom is -0.497 e. The molecule has 0 spiro atoms. The zero-order valence-corrected chi connectivity index (χ0v) is 11.0. The van der Waals surface area contributed by atoms with Crippen molar-refractivity contribution in [1.29, 1.82) is 0 Å². The quantitative estimate of drug-likeness (QED) is 0.888. The molecule has 0 heterocycles. The van der Waals surface area contributed by atoms with Crippen LogP contribution in [0, 0.1) is 0 Å². The number of hydrogen-bond acceptors (Lipinski definition) is 3. The average molecular weight is 242 g/mol. The van der Waals surface area contributed by atoms with Crippen molar-refractivity contribution in [2.45, 2.75) is 0 Å². The van der Waals surface area contributed by atoms with Crippen LogP contribution in [0.15, 0.2) is 48.5 Å². The lowest BCUT2D eigenvalue weighted by atomic mass is 10.2. The molecule has 3 nitrogen and oxygen atoms in total. The predicted octanol–water partition coefficient (Wildman–Crippen LogP) is 3.50. The van der Waals surface area contributed by atoms with Gasteiger partial charge in [-0.2, -0.15) is 0 Å². The van der Waals surface area contributed by atoms with E-state index in [9.17, 15) is 0 Å². The van der Waals surface area contributed by atoms with E-state index in [0.717, 1.165) is 22.8 Å². The van der Waals surface area contributed by atoms with E-state index in [2.05, 4.69) is 22.3 Å². The molecule has 0 radical (unpaired) electrons. The molecule has 0 aliphatic rings. The lowest BCUT2D eigenvalue weighted by Gasteiger charge is -2.18. The van der Waals surface area contributed by atoms with Crippen LogP contribution in [0.4, 0.5) is 17.1 Å². The van der Waals surface area contributed by atoms with Crippen molar-refractivity contribution < 1.29 is 4.74 Å². The second kappa shape index (κ2) is 5.45. The van der Waals surface area contributed by atoms with Crippen molar-refractivity contribution in [2.75, 3.05) is 31.4 Å². The highest BCUT2D eigenvalue weighted by molar-refractivity contribution is 5.74. The molecule has 2 aromatic rings. The van der Waals surface area contributed by atoms with Crippen molar-refractivity contribution in [2.24, 2.45) is 0 Å². The van der Waals surface area contributed by atoms with Crippen LogP contribution in [0.25, 0.3) is 0 Å². The maximum absolute atomic E-state index is 5.15. The summed E-state index contributed by atoms with van der Waals surface area (Å²) in [6, 6.07) is 16.1. The van der Waals surface area contributed by atoms with Gasteiger partial charge in [-0.3, -0.25) is 0 Å². The Morgan fingerprint density at radius 2 is 1.61 bits per heavy atom. The molecular formula is C15H18N2O. The van der Waals surface area contributed by atoms with E-state index in [1.807, 2.05) is 50.5 Å². The van der Waals surface area contributed by atoms with Crippen LogP contribution in [-0.4, -0.2) is 21.2 Å². The number of para-hydroxylation sites is 2. The number of rotatable bonds is 4. The fourth-order valence-electron chi connectivity index (χ4n) is 1.80. The third-order valence-electron chi connectivity index (χ3n) is 2.75. The van der Waals surface area contributed by atoms with Gasteiger partial charge < -0.3 is 15.0 Å². The molecule has 0 atom stereocenters. The van der Waals surface area contributed by atoms with E-state index >= 15 is 0 Å². The molecule has 0 unspecified atom stereocenters. The lowest BCUT2D eigenvalue weighted by Crippen LogP contribution is -2.10. The summed E-state index contributed by atoms with van der Waals surface area (Å²) in [7, 11) is 5.74. The molecule has 0 aliphatic carbocycles. The normalized spacial score (nSPS) is 9.94. The molecule has 0 bridgehead atoms. The highest BCUT2D eigenvalue weighted by atomic mass is 16.5. The molecule has 3 heteroatoms. The highest BCUT2D eigenvalue weighted by Gasteiger charge is 2.03. The van der Waals surface area contributed by atoms with Gasteiger partial charge in [-0.15, -0.1) is 0 Å². The second-order valence-corrected chi connectivity index (χ2v) is 4.27. The van der Waals surface area contributed by atoms with Gasteiger partial charge in [0.15, 0.2) is 0 Å². The number of ether oxygens (including phenoxy) is 1. The fraction of sp³-hybridized carbons (Fsp3) is 0.200. The first-order valence-electron chi connectivity index (χ1n) is 5.88. The van der Waals surface area contributed by atoms with Crippen molar-refractivity contribution in [3.05, 3.63) is 48.5 Å². The molecule has 18 heavy (non-hydrogen) atoms.